The fourth-order valence-corrected chi connectivity index (χ4v) is 1.14. The summed E-state index contributed by atoms with van der Waals surface area (Å²) in [5.41, 5.74) is -0.361. The van der Waals surface area contributed by atoms with Crippen molar-refractivity contribution in [3.8, 4) is 5.88 Å². The van der Waals surface area contributed by atoms with Crippen LogP contribution in [0.25, 0.3) is 0 Å². The van der Waals surface area contributed by atoms with Gasteiger partial charge in [0.15, 0.2) is 5.56 Å². The van der Waals surface area contributed by atoms with Crippen LogP contribution in [0.1, 0.15) is 23.1 Å². The first kappa shape index (κ1) is 9.79. The Balaban J connectivity index is 3.31. The second-order valence-corrected chi connectivity index (χ2v) is 2.74. The Kier molecular flexibility index (Phi) is 2.72. The molecule has 0 atom stereocenters. The SMILES string of the molecule is CCc1nc(O)c(C(=O)O)c(S)n1. The van der Waals surface area contributed by atoms with Gasteiger partial charge in [-0.05, 0) is 0 Å². The molecule has 0 saturated heterocycles. The first-order chi connectivity index (χ1) is 6.06. The Morgan fingerprint density at radius 1 is 1.54 bits per heavy atom. The fraction of sp³-hybridized carbons (Fsp3) is 0.286. The summed E-state index contributed by atoms with van der Waals surface area (Å²) in [4.78, 5) is 17.9. The molecule has 0 aliphatic rings. The van der Waals surface area contributed by atoms with E-state index < -0.39 is 11.8 Å². The van der Waals surface area contributed by atoms with E-state index in [0.29, 0.717) is 12.2 Å². The van der Waals surface area contributed by atoms with Crippen LogP contribution in [0.4, 0.5) is 0 Å². The van der Waals surface area contributed by atoms with Crippen molar-refractivity contribution in [2.24, 2.45) is 0 Å². The zero-order valence-electron chi connectivity index (χ0n) is 6.85. The van der Waals surface area contributed by atoms with Gasteiger partial charge in [-0.1, -0.05) is 6.92 Å². The maximum Gasteiger partial charge on any atom is 0.344 e. The molecule has 0 bridgehead atoms. The summed E-state index contributed by atoms with van der Waals surface area (Å²) in [6, 6.07) is 0. The van der Waals surface area contributed by atoms with Gasteiger partial charge in [-0.3, -0.25) is 0 Å². The van der Waals surface area contributed by atoms with Crippen LogP contribution in [-0.4, -0.2) is 26.2 Å². The minimum absolute atomic E-state index is 0.0168. The molecule has 0 amide bonds. The minimum atomic E-state index is -1.29. The van der Waals surface area contributed by atoms with Gasteiger partial charge in [0.2, 0.25) is 5.88 Å². The number of aromatic hydroxyl groups is 1. The quantitative estimate of drug-likeness (QED) is 0.484. The highest BCUT2D eigenvalue weighted by Crippen LogP contribution is 2.20. The normalized spacial score (nSPS) is 10.0. The van der Waals surface area contributed by atoms with Gasteiger partial charge in [0.25, 0.3) is 0 Å². The van der Waals surface area contributed by atoms with E-state index >= 15 is 0 Å². The third-order valence-electron chi connectivity index (χ3n) is 1.45. The van der Waals surface area contributed by atoms with Crippen molar-refractivity contribution in [1.82, 2.24) is 9.97 Å². The van der Waals surface area contributed by atoms with Crippen LogP contribution >= 0.6 is 12.6 Å². The molecule has 0 fully saturated rings. The van der Waals surface area contributed by atoms with Crippen LogP contribution in [0.3, 0.4) is 0 Å². The number of thiol groups is 1. The van der Waals surface area contributed by atoms with E-state index in [-0.39, 0.29) is 10.6 Å². The van der Waals surface area contributed by atoms with Crippen molar-refractivity contribution < 1.29 is 15.0 Å². The van der Waals surface area contributed by atoms with E-state index in [1.54, 1.807) is 6.92 Å². The van der Waals surface area contributed by atoms with Gasteiger partial charge < -0.3 is 10.2 Å². The average molecular weight is 200 g/mol. The van der Waals surface area contributed by atoms with Crippen LogP contribution in [0.15, 0.2) is 5.03 Å². The molecule has 2 N–H and O–H groups in total. The molecule has 0 aromatic carbocycles. The smallest absolute Gasteiger partial charge is 0.344 e. The van der Waals surface area contributed by atoms with Crippen molar-refractivity contribution >= 4 is 18.6 Å². The predicted octanol–water partition coefficient (Wildman–Crippen LogP) is 0.731. The Morgan fingerprint density at radius 2 is 2.15 bits per heavy atom. The Morgan fingerprint density at radius 3 is 2.54 bits per heavy atom. The Labute approximate surface area is 79.9 Å². The molecule has 1 heterocycles. The molecule has 13 heavy (non-hydrogen) atoms. The van der Waals surface area contributed by atoms with Crippen LogP contribution in [0.5, 0.6) is 5.88 Å². The summed E-state index contributed by atoms with van der Waals surface area (Å²) >= 11 is 3.84. The number of aromatic nitrogens is 2. The minimum Gasteiger partial charge on any atom is -0.493 e. The first-order valence-corrected chi connectivity index (χ1v) is 4.03. The van der Waals surface area contributed by atoms with Gasteiger partial charge in [0, 0.05) is 6.42 Å². The molecule has 0 aliphatic heterocycles. The van der Waals surface area contributed by atoms with Crippen LogP contribution < -0.4 is 0 Å². The lowest BCUT2D eigenvalue weighted by Crippen LogP contribution is -2.05. The second-order valence-electron chi connectivity index (χ2n) is 2.32. The molecule has 0 spiro atoms. The van der Waals surface area contributed by atoms with Gasteiger partial charge in [0.05, 0.1) is 0 Å². The second kappa shape index (κ2) is 3.61. The van der Waals surface area contributed by atoms with E-state index in [1.807, 2.05) is 0 Å². The van der Waals surface area contributed by atoms with Crippen molar-refractivity contribution in [2.45, 2.75) is 18.4 Å². The molecule has 70 valence electrons. The van der Waals surface area contributed by atoms with Crippen LogP contribution in [-0.2, 0) is 6.42 Å². The number of carboxylic acid groups (broad SMARTS) is 1. The van der Waals surface area contributed by atoms with Gasteiger partial charge in [-0.2, -0.15) is 4.98 Å². The maximum atomic E-state index is 10.6. The Hall–Kier alpha value is -1.30. The van der Waals surface area contributed by atoms with Gasteiger partial charge >= 0.3 is 5.97 Å². The largest absolute Gasteiger partial charge is 0.493 e. The Bertz CT molecular complexity index is 331. The monoisotopic (exact) mass is 200 g/mol. The number of aryl methyl sites for hydroxylation is 1. The van der Waals surface area contributed by atoms with E-state index in [9.17, 15) is 9.90 Å². The predicted molar refractivity (Wildman–Crippen MR) is 47.3 cm³/mol. The van der Waals surface area contributed by atoms with Crippen LogP contribution in [0.2, 0.25) is 0 Å². The van der Waals surface area contributed by atoms with Gasteiger partial charge in [-0.25, -0.2) is 9.78 Å². The molecule has 0 aliphatic carbocycles. The lowest BCUT2D eigenvalue weighted by Gasteiger charge is -2.03. The molecular formula is C7H8N2O3S. The number of carbonyl (C=O) groups is 1. The number of aromatic carboxylic acids is 1. The average Bonchev–Trinajstić information content (AvgIpc) is 2.02. The molecule has 0 radical (unpaired) electrons. The van der Waals surface area contributed by atoms with Crippen molar-refractivity contribution in [1.29, 1.82) is 0 Å². The summed E-state index contributed by atoms with van der Waals surface area (Å²) in [5.74, 6) is -1.46. The maximum absolute atomic E-state index is 10.6. The highest BCUT2D eigenvalue weighted by Gasteiger charge is 2.17. The highest BCUT2D eigenvalue weighted by molar-refractivity contribution is 7.80. The third kappa shape index (κ3) is 1.89. The van der Waals surface area contributed by atoms with Gasteiger partial charge in [0.1, 0.15) is 10.9 Å². The number of carboxylic acids is 1. The lowest BCUT2D eigenvalue weighted by atomic mass is 10.3. The summed E-state index contributed by atoms with van der Waals surface area (Å²) in [6.07, 6.45) is 0.515. The van der Waals surface area contributed by atoms with Crippen molar-refractivity contribution in [3.63, 3.8) is 0 Å². The zero-order chi connectivity index (χ0) is 10.0. The topological polar surface area (TPSA) is 83.3 Å². The molecule has 0 unspecified atom stereocenters. The van der Waals surface area contributed by atoms with E-state index in [2.05, 4.69) is 22.6 Å². The number of hydrogen-bond donors (Lipinski definition) is 3. The summed E-state index contributed by atoms with van der Waals surface area (Å²) in [6.45, 7) is 1.79. The molecular weight excluding hydrogens is 192 g/mol. The first-order valence-electron chi connectivity index (χ1n) is 3.58. The standard InChI is InChI=1S/C7H8N2O3S/c1-2-3-8-5(10)4(7(11)12)6(13)9-3/h2H2,1H3,(H,11,12)(H2,8,9,10,13). The molecule has 1 rings (SSSR count). The molecule has 6 heteroatoms. The fourth-order valence-electron chi connectivity index (χ4n) is 0.831. The summed E-state index contributed by atoms with van der Waals surface area (Å²) < 4.78 is 0. The highest BCUT2D eigenvalue weighted by atomic mass is 32.1. The van der Waals surface area contributed by atoms with Crippen molar-refractivity contribution in [2.75, 3.05) is 0 Å². The van der Waals surface area contributed by atoms with Crippen molar-refractivity contribution in [3.05, 3.63) is 11.4 Å². The third-order valence-corrected chi connectivity index (χ3v) is 1.77. The van der Waals surface area contributed by atoms with E-state index in [1.165, 1.54) is 0 Å². The molecule has 0 saturated carbocycles. The van der Waals surface area contributed by atoms with Crippen LogP contribution in [0, 0.1) is 0 Å². The lowest BCUT2D eigenvalue weighted by molar-refractivity contribution is 0.0687. The molecule has 5 nitrogen and oxygen atoms in total. The molecule has 1 aromatic rings. The molecule has 1 aromatic heterocycles. The summed E-state index contributed by atoms with van der Waals surface area (Å²) in [5, 5.41) is 17.8. The van der Waals surface area contributed by atoms with E-state index in [0.717, 1.165) is 0 Å². The number of nitrogens with zero attached hydrogens (tertiary/aromatic N) is 2. The number of hydrogen-bond acceptors (Lipinski definition) is 5. The zero-order valence-corrected chi connectivity index (χ0v) is 7.75. The summed E-state index contributed by atoms with van der Waals surface area (Å²) in [7, 11) is 0. The number of rotatable bonds is 2. The van der Waals surface area contributed by atoms with Gasteiger partial charge in [-0.15, -0.1) is 12.6 Å². The van der Waals surface area contributed by atoms with E-state index in [4.69, 9.17) is 5.11 Å².